The number of nitrogens with one attached hydrogen (secondary N) is 1. The van der Waals surface area contributed by atoms with E-state index in [0.29, 0.717) is 13.2 Å². The summed E-state index contributed by atoms with van der Waals surface area (Å²) >= 11 is 1.82. The van der Waals surface area contributed by atoms with Crippen LogP contribution in [0, 0.1) is 0 Å². The van der Waals surface area contributed by atoms with Gasteiger partial charge < -0.3 is 10.1 Å². The molecule has 0 amide bonds. The Hall–Kier alpha value is -0.640. The van der Waals surface area contributed by atoms with Crippen LogP contribution in [0.1, 0.15) is 37.4 Å². The SMILES string of the molecule is C/C=C/COCc1ccc(CNC(C)(C)C)s1. The summed E-state index contributed by atoms with van der Waals surface area (Å²) in [5, 5.41) is 3.49. The first-order valence-electron chi connectivity index (χ1n) is 6.03. The minimum atomic E-state index is 0.173. The van der Waals surface area contributed by atoms with Crippen LogP contribution in [0.2, 0.25) is 0 Å². The van der Waals surface area contributed by atoms with E-state index in [1.165, 1.54) is 9.75 Å². The Morgan fingerprint density at radius 3 is 2.65 bits per heavy atom. The predicted molar refractivity (Wildman–Crippen MR) is 75.4 cm³/mol. The van der Waals surface area contributed by atoms with Gasteiger partial charge in [-0.15, -0.1) is 11.3 Å². The number of thiophene rings is 1. The molecule has 0 spiro atoms. The van der Waals surface area contributed by atoms with E-state index in [9.17, 15) is 0 Å². The minimum Gasteiger partial charge on any atom is -0.372 e. The van der Waals surface area contributed by atoms with Crippen LogP contribution in [0.4, 0.5) is 0 Å². The lowest BCUT2D eigenvalue weighted by molar-refractivity contribution is 0.151. The molecule has 2 nitrogen and oxygen atoms in total. The maximum atomic E-state index is 5.52. The topological polar surface area (TPSA) is 21.3 Å². The molecule has 0 radical (unpaired) electrons. The van der Waals surface area contributed by atoms with Crippen molar-refractivity contribution in [3.05, 3.63) is 34.0 Å². The van der Waals surface area contributed by atoms with Gasteiger partial charge in [-0.25, -0.2) is 0 Å². The second-order valence-electron chi connectivity index (χ2n) is 5.06. The van der Waals surface area contributed by atoms with Crippen LogP contribution < -0.4 is 5.32 Å². The first kappa shape index (κ1) is 14.4. The van der Waals surface area contributed by atoms with Crippen LogP contribution in [-0.4, -0.2) is 12.1 Å². The molecule has 17 heavy (non-hydrogen) atoms. The van der Waals surface area contributed by atoms with Crippen molar-refractivity contribution in [3.63, 3.8) is 0 Å². The summed E-state index contributed by atoms with van der Waals surface area (Å²) in [4.78, 5) is 2.66. The standard InChI is InChI=1S/C14H23NOS/c1-5-6-9-16-11-13-8-7-12(17-13)10-15-14(2,3)4/h5-8,15H,9-11H2,1-4H3/b6-5+. The number of hydrogen-bond donors (Lipinski definition) is 1. The summed E-state index contributed by atoms with van der Waals surface area (Å²) < 4.78 is 5.52. The van der Waals surface area contributed by atoms with Gasteiger partial charge in [-0.1, -0.05) is 12.2 Å². The molecule has 3 heteroatoms. The molecule has 0 aromatic carbocycles. The number of rotatable bonds is 6. The van der Waals surface area contributed by atoms with E-state index in [2.05, 4.69) is 38.2 Å². The highest BCUT2D eigenvalue weighted by atomic mass is 32.1. The zero-order chi connectivity index (χ0) is 12.7. The van der Waals surface area contributed by atoms with Crippen molar-refractivity contribution in [1.82, 2.24) is 5.32 Å². The number of allylic oxidation sites excluding steroid dienone is 1. The maximum Gasteiger partial charge on any atom is 0.0813 e. The monoisotopic (exact) mass is 253 g/mol. The van der Waals surface area contributed by atoms with Crippen LogP contribution in [0.5, 0.6) is 0 Å². The largest absolute Gasteiger partial charge is 0.372 e. The van der Waals surface area contributed by atoms with Crippen molar-refractivity contribution in [3.8, 4) is 0 Å². The van der Waals surface area contributed by atoms with Gasteiger partial charge in [0.1, 0.15) is 0 Å². The molecule has 1 aromatic heterocycles. The van der Waals surface area contributed by atoms with Crippen molar-refractivity contribution < 1.29 is 4.74 Å². The van der Waals surface area contributed by atoms with E-state index >= 15 is 0 Å². The summed E-state index contributed by atoms with van der Waals surface area (Å²) in [6.45, 7) is 10.9. The summed E-state index contributed by atoms with van der Waals surface area (Å²) in [7, 11) is 0. The summed E-state index contributed by atoms with van der Waals surface area (Å²) in [6, 6.07) is 4.33. The van der Waals surface area contributed by atoms with Crippen LogP contribution in [0.25, 0.3) is 0 Å². The van der Waals surface area contributed by atoms with E-state index in [4.69, 9.17) is 4.74 Å². The minimum absolute atomic E-state index is 0.173. The van der Waals surface area contributed by atoms with E-state index < -0.39 is 0 Å². The van der Waals surface area contributed by atoms with E-state index in [1.54, 1.807) is 0 Å². The highest BCUT2D eigenvalue weighted by Gasteiger charge is 2.09. The zero-order valence-electron chi connectivity index (χ0n) is 11.2. The van der Waals surface area contributed by atoms with E-state index in [-0.39, 0.29) is 5.54 Å². The third-order valence-electron chi connectivity index (χ3n) is 2.20. The fourth-order valence-electron chi connectivity index (χ4n) is 1.27. The Morgan fingerprint density at radius 1 is 1.29 bits per heavy atom. The normalized spacial score (nSPS) is 12.5. The molecule has 0 saturated carbocycles. The Bertz CT molecular complexity index is 349. The average Bonchev–Trinajstić information content (AvgIpc) is 2.69. The van der Waals surface area contributed by atoms with Crippen LogP contribution in [0.3, 0.4) is 0 Å². The fourth-order valence-corrected chi connectivity index (χ4v) is 2.17. The maximum absolute atomic E-state index is 5.52. The van der Waals surface area contributed by atoms with Gasteiger partial charge in [0.15, 0.2) is 0 Å². The van der Waals surface area contributed by atoms with Crippen molar-refractivity contribution in [1.29, 1.82) is 0 Å². The van der Waals surface area contributed by atoms with Gasteiger partial charge in [0.2, 0.25) is 0 Å². The molecule has 96 valence electrons. The first-order valence-corrected chi connectivity index (χ1v) is 6.84. The van der Waals surface area contributed by atoms with Crippen LogP contribution in [-0.2, 0) is 17.9 Å². The van der Waals surface area contributed by atoms with Crippen LogP contribution >= 0.6 is 11.3 Å². The van der Waals surface area contributed by atoms with Gasteiger partial charge in [-0.3, -0.25) is 0 Å². The smallest absolute Gasteiger partial charge is 0.0813 e. The molecular weight excluding hydrogens is 230 g/mol. The molecule has 0 bridgehead atoms. The summed E-state index contributed by atoms with van der Waals surface area (Å²) in [6.07, 6.45) is 4.03. The summed E-state index contributed by atoms with van der Waals surface area (Å²) in [5.74, 6) is 0. The Balaban J connectivity index is 2.32. The number of ether oxygens (including phenoxy) is 1. The highest BCUT2D eigenvalue weighted by Crippen LogP contribution is 2.18. The molecule has 0 atom stereocenters. The van der Waals surface area contributed by atoms with Crippen molar-refractivity contribution in [2.24, 2.45) is 0 Å². The van der Waals surface area contributed by atoms with Gasteiger partial charge in [0.05, 0.1) is 13.2 Å². The third kappa shape index (κ3) is 6.61. The average molecular weight is 253 g/mol. The van der Waals surface area contributed by atoms with E-state index in [1.807, 2.05) is 30.4 Å². The van der Waals surface area contributed by atoms with Gasteiger partial charge in [-0.2, -0.15) is 0 Å². The molecule has 0 aliphatic heterocycles. The second-order valence-corrected chi connectivity index (χ2v) is 6.31. The fraction of sp³-hybridized carbons (Fsp3) is 0.571. The quantitative estimate of drug-likeness (QED) is 0.616. The molecule has 0 fully saturated rings. The molecule has 1 N–H and O–H groups in total. The Kier molecular flexibility index (Phi) is 5.89. The van der Waals surface area contributed by atoms with Gasteiger partial charge >= 0.3 is 0 Å². The van der Waals surface area contributed by atoms with Gasteiger partial charge in [0, 0.05) is 21.8 Å². The van der Waals surface area contributed by atoms with Crippen molar-refractivity contribution in [2.45, 2.75) is 46.4 Å². The predicted octanol–water partition coefficient (Wildman–Crippen LogP) is 3.73. The lowest BCUT2D eigenvalue weighted by Crippen LogP contribution is -2.34. The first-order chi connectivity index (χ1) is 8.01. The molecule has 1 rings (SSSR count). The molecule has 1 heterocycles. The Morgan fingerprint density at radius 2 is 2.00 bits per heavy atom. The van der Waals surface area contributed by atoms with Crippen molar-refractivity contribution in [2.75, 3.05) is 6.61 Å². The lowest BCUT2D eigenvalue weighted by atomic mass is 10.1. The lowest BCUT2D eigenvalue weighted by Gasteiger charge is -2.19. The molecule has 0 aliphatic rings. The molecule has 0 saturated heterocycles. The van der Waals surface area contributed by atoms with Gasteiger partial charge in [0.25, 0.3) is 0 Å². The molecule has 0 unspecified atom stereocenters. The second kappa shape index (κ2) is 6.94. The molecular formula is C14H23NOS. The van der Waals surface area contributed by atoms with Crippen LogP contribution in [0.15, 0.2) is 24.3 Å². The molecule has 0 aliphatic carbocycles. The zero-order valence-corrected chi connectivity index (χ0v) is 12.1. The Labute approximate surface area is 109 Å². The van der Waals surface area contributed by atoms with Gasteiger partial charge in [-0.05, 0) is 39.8 Å². The highest BCUT2D eigenvalue weighted by molar-refractivity contribution is 7.11. The third-order valence-corrected chi connectivity index (χ3v) is 3.26. The van der Waals surface area contributed by atoms with E-state index in [0.717, 1.165) is 6.54 Å². The summed E-state index contributed by atoms with van der Waals surface area (Å²) in [5.41, 5.74) is 0.173. The van der Waals surface area contributed by atoms with Crippen molar-refractivity contribution >= 4 is 11.3 Å². The number of hydrogen-bond acceptors (Lipinski definition) is 3. The molecule has 1 aromatic rings.